The molecule has 0 radical (unpaired) electrons. The van der Waals surface area contributed by atoms with E-state index in [9.17, 15) is 0 Å². The molecule has 1 heteroatoms. The lowest BCUT2D eigenvalue weighted by Gasteiger charge is -2.17. The van der Waals surface area contributed by atoms with Crippen LogP contribution in [0.25, 0.3) is 98.8 Å². The SMILES string of the molecule is c1ccc(-c2ccccc2-c2ccc3c(c2)oc2cccc(-c4ccc5ccc6c(-c7ccccc7)ccc7ccc4c5c76)c23)cc1. The lowest BCUT2D eigenvalue weighted by molar-refractivity contribution is 0.669. The number of benzene rings is 9. The van der Waals surface area contributed by atoms with Gasteiger partial charge in [-0.05, 0) is 95.0 Å². The van der Waals surface area contributed by atoms with Crippen molar-refractivity contribution in [1.82, 2.24) is 0 Å². The highest BCUT2D eigenvalue weighted by Crippen LogP contribution is 2.45. The van der Waals surface area contributed by atoms with E-state index in [0.717, 1.165) is 27.5 Å². The topological polar surface area (TPSA) is 13.1 Å². The summed E-state index contributed by atoms with van der Waals surface area (Å²) in [5.41, 5.74) is 11.5. The highest BCUT2D eigenvalue weighted by atomic mass is 16.3. The molecule has 47 heavy (non-hydrogen) atoms. The van der Waals surface area contributed by atoms with Crippen molar-refractivity contribution in [3.05, 3.63) is 170 Å². The molecule has 0 unspecified atom stereocenters. The first-order valence-electron chi connectivity index (χ1n) is 16.2. The van der Waals surface area contributed by atoms with Gasteiger partial charge >= 0.3 is 0 Å². The van der Waals surface area contributed by atoms with E-state index >= 15 is 0 Å². The molecule has 0 aliphatic heterocycles. The van der Waals surface area contributed by atoms with Crippen molar-refractivity contribution in [3.63, 3.8) is 0 Å². The van der Waals surface area contributed by atoms with Crippen molar-refractivity contribution >= 4 is 54.3 Å². The van der Waals surface area contributed by atoms with E-state index in [1.807, 2.05) is 0 Å². The normalized spacial score (nSPS) is 11.8. The van der Waals surface area contributed by atoms with Crippen LogP contribution in [-0.4, -0.2) is 0 Å². The van der Waals surface area contributed by atoms with Crippen LogP contribution in [0.5, 0.6) is 0 Å². The van der Waals surface area contributed by atoms with Gasteiger partial charge in [0.25, 0.3) is 0 Å². The van der Waals surface area contributed by atoms with Gasteiger partial charge in [0.1, 0.15) is 11.2 Å². The predicted molar refractivity (Wildman–Crippen MR) is 199 cm³/mol. The van der Waals surface area contributed by atoms with Crippen LogP contribution in [-0.2, 0) is 0 Å². The van der Waals surface area contributed by atoms with E-state index in [4.69, 9.17) is 4.42 Å². The van der Waals surface area contributed by atoms with E-state index in [2.05, 4.69) is 170 Å². The molecule has 0 spiro atoms. The molecular weight excluding hydrogens is 569 g/mol. The van der Waals surface area contributed by atoms with Crippen molar-refractivity contribution in [2.24, 2.45) is 0 Å². The van der Waals surface area contributed by atoms with Crippen molar-refractivity contribution < 1.29 is 4.42 Å². The van der Waals surface area contributed by atoms with E-state index in [1.54, 1.807) is 0 Å². The average molecular weight is 597 g/mol. The highest BCUT2D eigenvalue weighted by Gasteiger charge is 2.19. The number of furan rings is 1. The van der Waals surface area contributed by atoms with Crippen LogP contribution in [0.15, 0.2) is 174 Å². The van der Waals surface area contributed by atoms with Crippen LogP contribution >= 0.6 is 0 Å². The van der Waals surface area contributed by atoms with Gasteiger partial charge in [-0.1, -0.05) is 152 Å². The van der Waals surface area contributed by atoms with Gasteiger partial charge in [0, 0.05) is 10.8 Å². The minimum Gasteiger partial charge on any atom is -0.456 e. The van der Waals surface area contributed by atoms with E-state index < -0.39 is 0 Å². The van der Waals surface area contributed by atoms with Gasteiger partial charge in [-0.2, -0.15) is 0 Å². The summed E-state index contributed by atoms with van der Waals surface area (Å²) in [7, 11) is 0. The summed E-state index contributed by atoms with van der Waals surface area (Å²) in [5.74, 6) is 0. The van der Waals surface area contributed by atoms with Gasteiger partial charge in [0.05, 0.1) is 0 Å². The fraction of sp³-hybridized carbons (Fsp3) is 0. The summed E-state index contributed by atoms with van der Waals surface area (Å²) in [5, 5.41) is 10.0. The van der Waals surface area contributed by atoms with Crippen molar-refractivity contribution in [2.45, 2.75) is 0 Å². The van der Waals surface area contributed by atoms with Crippen molar-refractivity contribution in [3.8, 4) is 44.5 Å². The number of rotatable bonds is 4. The van der Waals surface area contributed by atoms with Crippen LogP contribution in [0, 0.1) is 0 Å². The molecule has 0 atom stereocenters. The number of hydrogen-bond acceptors (Lipinski definition) is 1. The first-order valence-corrected chi connectivity index (χ1v) is 16.2. The molecule has 0 amide bonds. The van der Waals surface area contributed by atoms with Crippen LogP contribution in [0.1, 0.15) is 0 Å². The third-order valence-corrected chi connectivity index (χ3v) is 9.86. The summed E-state index contributed by atoms with van der Waals surface area (Å²) >= 11 is 0. The van der Waals surface area contributed by atoms with Crippen LogP contribution in [0.4, 0.5) is 0 Å². The second kappa shape index (κ2) is 10.2. The second-order valence-electron chi connectivity index (χ2n) is 12.4. The van der Waals surface area contributed by atoms with Crippen molar-refractivity contribution in [1.29, 1.82) is 0 Å². The van der Waals surface area contributed by atoms with E-state index in [0.29, 0.717) is 0 Å². The van der Waals surface area contributed by atoms with Gasteiger partial charge in [0.2, 0.25) is 0 Å². The Morgan fingerprint density at radius 2 is 0.809 bits per heavy atom. The Morgan fingerprint density at radius 1 is 0.277 bits per heavy atom. The van der Waals surface area contributed by atoms with Gasteiger partial charge in [-0.3, -0.25) is 0 Å². The second-order valence-corrected chi connectivity index (χ2v) is 12.4. The maximum Gasteiger partial charge on any atom is 0.136 e. The zero-order chi connectivity index (χ0) is 30.9. The fourth-order valence-corrected chi connectivity index (χ4v) is 7.73. The lowest BCUT2D eigenvalue weighted by atomic mass is 9.86. The number of fused-ring (bicyclic) bond motifs is 3. The largest absolute Gasteiger partial charge is 0.456 e. The van der Waals surface area contributed by atoms with Gasteiger partial charge in [-0.25, -0.2) is 0 Å². The molecule has 9 aromatic carbocycles. The predicted octanol–water partition coefficient (Wildman–Crippen LogP) is 13.2. The molecule has 10 rings (SSSR count). The molecule has 0 saturated carbocycles. The molecule has 0 saturated heterocycles. The maximum atomic E-state index is 6.61. The average Bonchev–Trinajstić information content (AvgIpc) is 3.53. The molecule has 218 valence electrons. The molecular formula is C46H28O. The molecule has 1 aromatic heterocycles. The Bertz CT molecular complexity index is 2770. The first kappa shape index (κ1) is 26.1. The molecule has 0 aliphatic rings. The molecule has 0 aliphatic carbocycles. The molecule has 0 N–H and O–H groups in total. The monoisotopic (exact) mass is 596 g/mol. The van der Waals surface area contributed by atoms with Gasteiger partial charge < -0.3 is 4.42 Å². The lowest BCUT2D eigenvalue weighted by Crippen LogP contribution is -1.89. The Morgan fingerprint density at radius 3 is 1.51 bits per heavy atom. The van der Waals surface area contributed by atoms with Crippen LogP contribution < -0.4 is 0 Å². The number of hydrogen-bond donors (Lipinski definition) is 0. The van der Waals surface area contributed by atoms with Gasteiger partial charge in [-0.15, -0.1) is 0 Å². The van der Waals surface area contributed by atoms with Crippen molar-refractivity contribution in [2.75, 3.05) is 0 Å². The third kappa shape index (κ3) is 3.97. The Labute approximate surface area is 272 Å². The van der Waals surface area contributed by atoms with Gasteiger partial charge in [0.15, 0.2) is 0 Å². The quantitative estimate of drug-likeness (QED) is 0.184. The minimum absolute atomic E-state index is 0.901. The Balaban J connectivity index is 1.19. The smallest absolute Gasteiger partial charge is 0.136 e. The summed E-state index contributed by atoms with van der Waals surface area (Å²) in [6.07, 6.45) is 0. The third-order valence-electron chi connectivity index (χ3n) is 9.86. The van der Waals surface area contributed by atoms with E-state index in [1.165, 1.54) is 71.3 Å². The van der Waals surface area contributed by atoms with E-state index in [-0.39, 0.29) is 0 Å². The zero-order valence-electron chi connectivity index (χ0n) is 25.6. The van der Waals surface area contributed by atoms with Crippen LogP contribution in [0.3, 0.4) is 0 Å². The Hall–Kier alpha value is -6.18. The summed E-state index contributed by atoms with van der Waals surface area (Å²) in [4.78, 5) is 0. The molecule has 1 heterocycles. The summed E-state index contributed by atoms with van der Waals surface area (Å²) < 4.78 is 6.61. The molecule has 10 aromatic rings. The standard InChI is InChI=1S/C46H28O/c1-3-10-29(11-4-1)34-14-7-8-15-35(34)33-22-27-41-43(28-33)47-42-17-9-16-38(46(41)42)37-24-19-32-20-25-39-36(30-12-5-2-6-13-30)23-18-31-21-26-40(37)45(32)44(31)39/h1-28H. The maximum absolute atomic E-state index is 6.61. The molecule has 0 fully saturated rings. The summed E-state index contributed by atoms with van der Waals surface area (Å²) in [6.45, 7) is 0. The summed E-state index contributed by atoms with van der Waals surface area (Å²) in [6, 6.07) is 61.4. The fourth-order valence-electron chi connectivity index (χ4n) is 7.73. The first-order chi connectivity index (χ1) is 23.3. The van der Waals surface area contributed by atoms with Crippen LogP contribution in [0.2, 0.25) is 0 Å². The Kier molecular flexibility index (Phi) is 5.64. The molecule has 0 bridgehead atoms. The molecule has 1 nitrogen and oxygen atoms in total. The minimum atomic E-state index is 0.901. The zero-order valence-corrected chi connectivity index (χ0v) is 25.6. The highest BCUT2D eigenvalue weighted by molar-refractivity contribution is 6.28.